The van der Waals surface area contributed by atoms with Crippen LogP contribution in [-0.2, 0) is 16.1 Å². The van der Waals surface area contributed by atoms with Gasteiger partial charge in [0.15, 0.2) is 6.54 Å². The van der Waals surface area contributed by atoms with Gasteiger partial charge in [0.1, 0.15) is 4.70 Å². The molecule has 0 unspecified atom stereocenters. The van der Waals surface area contributed by atoms with Crippen molar-refractivity contribution in [1.29, 1.82) is 0 Å². The summed E-state index contributed by atoms with van der Waals surface area (Å²) >= 11 is 3.20. The molecule has 3 aromatic rings. The second kappa shape index (κ2) is 7.42. The number of allylic oxidation sites excluding steroid dienone is 4. The number of anilines is 1. The highest BCUT2D eigenvalue weighted by Crippen LogP contribution is 2.52. The monoisotopic (exact) mass is 484 g/mol. The van der Waals surface area contributed by atoms with E-state index >= 15 is 0 Å². The molecule has 168 valence electrons. The molecule has 34 heavy (non-hydrogen) atoms. The average Bonchev–Trinajstić information content (AvgIpc) is 3.49. The van der Waals surface area contributed by atoms with Crippen LogP contribution in [0, 0.1) is 0 Å². The maximum atomic E-state index is 13.8. The number of thiazole rings is 1. The quantitative estimate of drug-likeness (QED) is 0.295. The number of carbonyl (C=O) groups excluding carboxylic acids is 2. The Balaban J connectivity index is 1.42. The second-order valence-corrected chi connectivity index (χ2v) is 11.0. The first-order valence-electron chi connectivity index (χ1n) is 11.6. The number of nitrogens with zero attached hydrogens (tertiary/aromatic N) is 2. The lowest BCUT2D eigenvalue weighted by Crippen LogP contribution is -2.39. The normalized spacial score (nSPS) is 22.1. The third-order valence-electron chi connectivity index (χ3n) is 7.07. The summed E-state index contributed by atoms with van der Waals surface area (Å²) in [6.45, 7) is 1.70. The minimum Gasteiger partial charge on any atom is -0.871 e. The van der Waals surface area contributed by atoms with Crippen LogP contribution in [-0.4, -0.2) is 18.1 Å². The Morgan fingerprint density at radius 1 is 0.882 bits per heavy atom. The number of hydrogen-bond acceptors (Lipinski definition) is 6. The highest BCUT2D eigenvalue weighted by atomic mass is 32.2. The first-order chi connectivity index (χ1) is 16.6. The van der Waals surface area contributed by atoms with Gasteiger partial charge in [0, 0.05) is 40.6 Å². The molecule has 3 aliphatic heterocycles. The van der Waals surface area contributed by atoms with Crippen molar-refractivity contribution in [2.75, 3.05) is 11.4 Å². The Labute approximate surface area is 204 Å². The van der Waals surface area contributed by atoms with Crippen LogP contribution in [0.1, 0.15) is 30.7 Å². The highest BCUT2D eigenvalue weighted by molar-refractivity contribution is 8.03. The van der Waals surface area contributed by atoms with Crippen molar-refractivity contribution in [3.63, 3.8) is 0 Å². The van der Waals surface area contributed by atoms with Gasteiger partial charge in [-0.1, -0.05) is 53.1 Å². The van der Waals surface area contributed by atoms with Crippen molar-refractivity contribution in [3.8, 4) is 0 Å². The van der Waals surface area contributed by atoms with E-state index in [2.05, 4.69) is 33.7 Å². The van der Waals surface area contributed by atoms with E-state index in [1.54, 1.807) is 23.1 Å². The second-order valence-electron chi connectivity index (χ2n) is 8.95. The van der Waals surface area contributed by atoms with Gasteiger partial charge in [-0.25, -0.2) is 0 Å². The fourth-order valence-electron chi connectivity index (χ4n) is 5.58. The van der Waals surface area contributed by atoms with Crippen LogP contribution in [0.3, 0.4) is 0 Å². The van der Waals surface area contributed by atoms with Crippen LogP contribution in [0.4, 0.5) is 5.69 Å². The van der Waals surface area contributed by atoms with Crippen molar-refractivity contribution in [2.45, 2.75) is 37.1 Å². The van der Waals surface area contributed by atoms with E-state index in [1.165, 1.54) is 0 Å². The molecule has 7 rings (SSSR count). The number of benzene rings is 2. The van der Waals surface area contributed by atoms with Crippen molar-refractivity contribution in [3.05, 3.63) is 81.0 Å². The zero-order valence-electron chi connectivity index (χ0n) is 18.3. The molecule has 0 N–H and O–H groups in total. The van der Waals surface area contributed by atoms with E-state index in [4.69, 9.17) is 0 Å². The summed E-state index contributed by atoms with van der Waals surface area (Å²) in [6, 6.07) is 16.3. The van der Waals surface area contributed by atoms with Gasteiger partial charge in [0.05, 0.1) is 10.7 Å². The lowest BCUT2D eigenvalue weighted by molar-refractivity contribution is -0.672. The molecule has 2 aromatic carbocycles. The van der Waals surface area contributed by atoms with Crippen molar-refractivity contribution in [2.24, 2.45) is 0 Å². The number of rotatable bonds is 1. The molecule has 0 amide bonds. The van der Waals surface area contributed by atoms with Gasteiger partial charge < -0.3 is 10.0 Å². The molecule has 0 saturated heterocycles. The fourth-order valence-corrected chi connectivity index (χ4v) is 8.11. The summed E-state index contributed by atoms with van der Waals surface area (Å²) in [4.78, 5) is 29.9. The Hall–Kier alpha value is -3.16. The predicted molar refractivity (Wildman–Crippen MR) is 131 cm³/mol. The number of carbonyl (C=O) groups is 2. The zero-order valence-corrected chi connectivity index (χ0v) is 19.9. The van der Waals surface area contributed by atoms with E-state index < -0.39 is 11.6 Å². The van der Waals surface area contributed by atoms with Crippen LogP contribution in [0.5, 0.6) is 0 Å². The molecular formula is C27H20N2O3S2. The minimum atomic E-state index is -0.633. The maximum absolute atomic E-state index is 13.8. The largest absolute Gasteiger partial charge is 0.871 e. The van der Waals surface area contributed by atoms with Crippen molar-refractivity contribution < 1.29 is 19.3 Å². The van der Waals surface area contributed by atoms with Crippen LogP contribution in [0.15, 0.2) is 80.9 Å². The van der Waals surface area contributed by atoms with Gasteiger partial charge in [0.25, 0.3) is 5.01 Å². The predicted octanol–water partition coefficient (Wildman–Crippen LogP) is 4.12. The summed E-state index contributed by atoms with van der Waals surface area (Å²) < 4.78 is 3.32. The van der Waals surface area contributed by atoms with Crippen LogP contribution >= 0.6 is 23.1 Å². The number of aromatic nitrogens is 1. The average molecular weight is 485 g/mol. The van der Waals surface area contributed by atoms with Gasteiger partial charge in [-0.3, -0.25) is 9.59 Å². The topological polar surface area (TPSA) is 64.3 Å². The van der Waals surface area contributed by atoms with Gasteiger partial charge in [0.2, 0.25) is 17.1 Å². The summed E-state index contributed by atoms with van der Waals surface area (Å²) in [5.74, 6) is -1.64. The van der Waals surface area contributed by atoms with Crippen LogP contribution < -0.4 is 14.6 Å². The van der Waals surface area contributed by atoms with Crippen molar-refractivity contribution >= 4 is 56.1 Å². The molecule has 1 aromatic heterocycles. The number of aryl methyl sites for hydroxylation is 1. The van der Waals surface area contributed by atoms with E-state index in [0.717, 1.165) is 67.9 Å². The van der Waals surface area contributed by atoms with Gasteiger partial charge in [-0.05, 0) is 43.0 Å². The number of Topliss-reactive ketones (excluding diaryl/α,β-unsaturated/α-hetero) is 2. The molecule has 0 saturated carbocycles. The number of fused-ring (bicyclic) bond motifs is 6. The lowest BCUT2D eigenvalue weighted by atomic mass is 9.97. The number of thioether (sulfide) groups is 1. The highest BCUT2D eigenvalue weighted by Gasteiger charge is 2.42. The summed E-state index contributed by atoms with van der Waals surface area (Å²) in [5.41, 5.74) is 3.91. The molecule has 0 spiro atoms. The van der Waals surface area contributed by atoms with E-state index in [0.29, 0.717) is 12.8 Å². The molecular weight excluding hydrogens is 464 g/mol. The van der Waals surface area contributed by atoms with E-state index in [-0.39, 0.29) is 16.9 Å². The SMILES string of the molecule is O=C1C(=O)/C(=C2\CCC[n+]3c2sc2ccccc23)C([O-])=C1C1=C2Sc3ccccc3N2CCC1. The molecule has 7 heteroatoms. The molecule has 0 atom stereocenters. The summed E-state index contributed by atoms with van der Waals surface area (Å²) in [6.07, 6.45) is 2.96. The van der Waals surface area contributed by atoms with E-state index in [9.17, 15) is 14.7 Å². The Morgan fingerprint density at radius 3 is 2.56 bits per heavy atom. The van der Waals surface area contributed by atoms with Gasteiger partial charge in [-0.15, -0.1) is 0 Å². The van der Waals surface area contributed by atoms with E-state index in [1.807, 2.05) is 24.3 Å². The molecule has 0 bridgehead atoms. The molecule has 0 radical (unpaired) electrons. The number of hydrogen-bond donors (Lipinski definition) is 0. The Kier molecular flexibility index (Phi) is 4.41. The first-order valence-corrected chi connectivity index (χ1v) is 13.2. The fraction of sp³-hybridized carbons (Fsp3) is 0.222. The smallest absolute Gasteiger partial charge is 0.266 e. The standard InChI is InChI=1S/C27H20N2O3S2/c30-23-21(15-7-5-13-28-17-9-1-3-11-19(17)33-26(15)28)24(31)25(32)22(23)16-8-6-14-29-18-10-2-4-12-20(18)34-27(16)29/h1-4,9-12H,5-8,13-14H2. The van der Waals surface area contributed by atoms with Gasteiger partial charge >= 0.3 is 0 Å². The Morgan fingerprint density at radius 2 is 1.65 bits per heavy atom. The number of ketones is 2. The maximum Gasteiger partial charge on any atom is 0.266 e. The van der Waals surface area contributed by atoms with Crippen molar-refractivity contribution in [1.82, 2.24) is 0 Å². The minimum absolute atomic E-state index is 0.103. The molecule has 4 aliphatic rings. The first kappa shape index (κ1) is 20.2. The van der Waals surface area contributed by atoms with Gasteiger partial charge in [-0.2, -0.15) is 4.57 Å². The van der Waals surface area contributed by atoms with Crippen LogP contribution in [0.25, 0.3) is 15.8 Å². The summed E-state index contributed by atoms with van der Waals surface area (Å²) in [7, 11) is 0. The molecule has 1 aliphatic carbocycles. The third kappa shape index (κ3) is 2.71. The molecule has 4 heterocycles. The van der Waals surface area contributed by atoms with Crippen LogP contribution in [0.2, 0.25) is 0 Å². The molecule has 5 nitrogen and oxygen atoms in total. The lowest BCUT2D eigenvalue weighted by Gasteiger charge is -2.29. The zero-order chi connectivity index (χ0) is 23.0. The molecule has 0 fully saturated rings. The number of para-hydroxylation sites is 2. The summed E-state index contributed by atoms with van der Waals surface area (Å²) in [5, 5.41) is 15.7. The third-order valence-corrected chi connectivity index (χ3v) is 9.52. The Bertz CT molecular complexity index is 1540.